The Bertz CT molecular complexity index is 375. The Morgan fingerprint density at radius 3 is 2.52 bits per heavy atom. The first kappa shape index (κ1) is 20.5. The molecule has 2 aliphatic carbocycles. The molecule has 0 radical (unpaired) electrons. The van der Waals surface area contributed by atoms with Crippen molar-refractivity contribution >= 4 is 5.96 Å². The third-order valence-corrected chi connectivity index (χ3v) is 5.77. The molecule has 0 spiro atoms. The Labute approximate surface area is 154 Å². The zero-order valence-electron chi connectivity index (χ0n) is 16.4. The van der Waals surface area contributed by atoms with Gasteiger partial charge in [0, 0.05) is 40.0 Å². The maximum absolute atomic E-state index is 5.92. The third kappa shape index (κ3) is 7.53. The van der Waals surface area contributed by atoms with Crippen molar-refractivity contribution in [3.05, 3.63) is 0 Å². The van der Waals surface area contributed by atoms with E-state index in [2.05, 4.69) is 22.5 Å². The lowest BCUT2D eigenvalue weighted by molar-refractivity contribution is 0.0573. The minimum Gasteiger partial charge on any atom is -0.382 e. The number of guanidine groups is 1. The van der Waals surface area contributed by atoms with Crippen LogP contribution < -0.4 is 10.6 Å². The van der Waals surface area contributed by atoms with E-state index in [0.717, 1.165) is 51.7 Å². The Kier molecular flexibility index (Phi) is 9.63. The first-order valence-electron chi connectivity index (χ1n) is 10.4. The lowest BCUT2D eigenvalue weighted by Crippen LogP contribution is -2.43. The summed E-state index contributed by atoms with van der Waals surface area (Å²) in [7, 11) is 1.85. The molecule has 25 heavy (non-hydrogen) atoms. The summed E-state index contributed by atoms with van der Waals surface area (Å²) in [5, 5.41) is 6.98. The monoisotopic (exact) mass is 353 g/mol. The van der Waals surface area contributed by atoms with Crippen molar-refractivity contribution in [2.24, 2.45) is 10.4 Å². The van der Waals surface area contributed by atoms with Gasteiger partial charge in [-0.15, -0.1) is 0 Å². The summed E-state index contributed by atoms with van der Waals surface area (Å²) in [6, 6.07) is 0. The maximum Gasteiger partial charge on any atom is 0.190 e. The fourth-order valence-electron chi connectivity index (χ4n) is 4.15. The minimum absolute atomic E-state index is 0.387. The van der Waals surface area contributed by atoms with Gasteiger partial charge in [0.05, 0.1) is 6.10 Å². The van der Waals surface area contributed by atoms with E-state index >= 15 is 0 Å². The van der Waals surface area contributed by atoms with Gasteiger partial charge in [-0.2, -0.15) is 0 Å². The molecule has 0 bridgehead atoms. The van der Waals surface area contributed by atoms with Crippen LogP contribution in [-0.4, -0.2) is 52.0 Å². The Hall–Kier alpha value is -0.810. The van der Waals surface area contributed by atoms with Crippen LogP contribution in [0.25, 0.3) is 0 Å². The molecular weight excluding hydrogens is 314 g/mol. The van der Waals surface area contributed by atoms with Gasteiger partial charge < -0.3 is 20.1 Å². The standard InChI is InChI=1S/C20H39N3O2/c1-3-24-16-13-20(11-6-7-12-20)17-23-19(21-2)22-14-8-15-25-18-9-4-5-10-18/h18H,3-17H2,1-2H3,(H2,21,22,23). The van der Waals surface area contributed by atoms with Gasteiger partial charge in [-0.3, -0.25) is 4.99 Å². The van der Waals surface area contributed by atoms with E-state index in [-0.39, 0.29) is 0 Å². The molecule has 0 aromatic heterocycles. The minimum atomic E-state index is 0.387. The molecule has 0 aliphatic heterocycles. The summed E-state index contributed by atoms with van der Waals surface area (Å²) >= 11 is 0. The van der Waals surface area contributed by atoms with Gasteiger partial charge >= 0.3 is 0 Å². The van der Waals surface area contributed by atoms with Gasteiger partial charge in [-0.25, -0.2) is 0 Å². The maximum atomic E-state index is 5.92. The van der Waals surface area contributed by atoms with Crippen molar-refractivity contribution in [1.82, 2.24) is 10.6 Å². The Morgan fingerprint density at radius 1 is 1.08 bits per heavy atom. The number of nitrogens with one attached hydrogen (secondary N) is 2. The second kappa shape index (κ2) is 11.7. The first-order chi connectivity index (χ1) is 12.3. The van der Waals surface area contributed by atoms with Gasteiger partial charge in [0.1, 0.15) is 0 Å². The highest BCUT2D eigenvalue weighted by Gasteiger charge is 2.33. The fraction of sp³-hybridized carbons (Fsp3) is 0.950. The summed E-state index contributed by atoms with van der Waals surface area (Å²) in [6.07, 6.45) is 13.2. The Balaban J connectivity index is 1.61. The van der Waals surface area contributed by atoms with Crippen molar-refractivity contribution in [3.63, 3.8) is 0 Å². The van der Waals surface area contributed by atoms with E-state index in [4.69, 9.17) is 9.47 Å². The molecule has 0 unspecified atom stereocenters. The van der Waals surface area contributed by atoms with Crippen LogP contribution in [0.4, 0.5) is 0 Å². The predicted octanol–water partition coefficient (Wildman–Crippen LogP) is 3.49. The summed E-state index contributed by atoms with van der Waals surface area (Å²) in [4.78, 5) is 4.37. The van der Waals surface area contributed by atoms with Crippen molar-refractivity contribution in [3.8, 4) is 0 Å². The van der Waals surface area contributed by atoms with Crippen LogP contribution >= 0.6 is 0 Å². The Morgan fingerprint density at radius 2 is 1.84 bits per heavy atom. The normalized spacial score (nSPS) is 21.0. The average molecular weight is 354 g/mol. The molecule has 5 heteroatoms. The highest BCUT2D eigenvalue weighted by Crippen LogP contribution is 2.40. The van der Waals surface area contributed by atoms with Crippen LogP contribution in [0.2, 0.25) is 0 Å². The second-order valence-corrected chi connectivity index (χ2v) is 7.64. The summed E-state index contributed by atoms with van der Waals surface area (Å²) in [5.74, 6) is 0.920. The SMILES string of the molecule is CCOCCC1(CNC(=NC)NCCCOC2CCCC2)CCCC1. The zero-order valence-corrected chi connectivity index (χ0v) is 16.4. The number of rotatable bonds is 11. The zero-order chi connectivity index (χ0) is 17.8. The van der Waals surface area contributed by atoms with Gasteiger partial charge in [0.15, 0.2) is 5.96 Å². The molecular formula is C20H39N3O2. The number of ether oxygens (including phenoxy) is 2. The van der Waals surface area contributed by atoms with E-state index in [1.54, 1.807) is 0 Å². The van der Waals surface area contributed by atoms with Crippen LogP contribution in [0.1, 0.15) is 71.1 Å². The average Bonchev–Trinajstić information content (AvgIpc) is 3.30. The number of hydrogen-bond donors (Lipinski definition) is 2. The van der Waals surface area contributed by atoms with E-state index in [1.165, 1.54) is 51.4 Å². The third-order valence-electron chi connectivity index (χ3n) is 5.77. The van der Waals surface area contributed by atoms with Crippen molar-refractivity contribution in [2.45, 2.75) is 77.2 Å². The quantitative estimate of drug-likeness (QED) is 0.339. The van der Waals surface area contributed by atoms with Crippen molar-refractivity contribution < 1.29 is 9.47 Å². The molecule has 0 amide bonds. The van der Waals surface area contributed by atoms with Crippen LogP contribution in [0, 0.1) is 5.41 Å². The summed E-state index contributed by atoms with van der Waals surface area (Å²) in [6.45, 7) is 6.53. The van der Waals surface area contributed by atoms with Gasteiger partial charge in [-0.05, 0) is 50.9 Å². The molecule has 0 aromatic carbocycles. The molecule has 0 heterocycles. The van der Waals surface area contributed by atoms with E-state index in [9.17, 15) is 0 Å². The van der Waals surface area contributed by atoms with Gasteiger partial charge in [-0.1, -0.05) is 25.7 Å². The lowest BCUT2D eigenvalue weighted by Gasteiger charge is -2.30. The highest BCUT2D eigenvalue weighted by molar-refractivity contribution is 5.79. The molecule has 2 saturated carbocycles. The van der Waals surface area contributed by atoms with Crippen LogP contribution in [0.15, 0.2) is 4.99 Å². The molecule has 2 N–H and O–H groups in total. The molecule has 2 fully saturated rings. The van der Waals surface area contributed by atoms with Crippen LogP contribution in [0.5, 0.6) is 0 Å². The molecule has 0 aromatic rings. The van der Waals surface area contributed by atoms with E-state index in [0.29, 0.717) is 11.5 Å². The second-order valence-electron chi connectivity index (χ2n) is 7.64. The van der Waals surface area contributed by atoms with Crippen LogP contribution in [0.3, 0.4) is 0 Å². The lowest BCUT2D eigenvalue weighted by atomic mass is 9.83. The molecule has 0 atom stereocenters. The number of aliphatic imine (C=N–C) groups is 1. The number of nitrogens with zero attached hydrogens (tertiary/aromatic N) is 1. The van der Waals surface area contributed by atoms with Gasteiger partial charge in [0.25, 0.3) is 0 Å². The molecule has 2 rings (SSSR count). The summed E-state index contributed by atoms with van der Waals surface area (Å²) < 4.78 is 11.5. The topological polar surface area (TPSA) is 54.9 Å². The van der Waals surface area contributed by atoms with Crippen LogP contribution in [-0.2, 0) is 9.47 Å². The number of hydrogen-bond acceptors (Lipinski definition) is 3. The molecule has 0 saturated heterocycles. The molecule has 5 nitrogen and oxygen atoms in total. The van der Waals surface area contributed by atoms with E-state index in [1.807, 2.05) is 7.05 Å². The summed E-state index contributed by atoms with van der Waals surface area (Å²) in [5.41, 5.74) is 0.387. The van der Waals surface area contributed by atoms with Crippen molar-refractivity contribution in [1.29, 1.82) is 0 Å². The highest BCUT2D eigenvalue weighted by atomic mass is 16.5. The fourth-order valence-corrected chi connectivity index (χ4v) is 4.15. The first-order valence-corrected chi connectivity index (χ1v) is 10.4. The molecule has 146 valence electrons. The van der Waals surface area contributed by atoms with Gasteiger partial charge in [0.2, 0.25) is 0 Å². The van der Waals surface area contributed by atoms with E-state index < -0.39 is 0 Å². The predicted molar refractivity (Wildman–Crippen MR) is 104 cm³/mol. The van der Waals surface area contributed by atoms with Crippen molar-refractivity contribution in [2.75, 3.05) is 40.0 Å². The smallest absolute Gasteiger partial charge is 0.190 e. The molecule has 2 aliphatic rings. The largest absolute Gasteiger partial charge is 0.382 e.